The number of urea groups is 1. The number of rotatable bonds is 5. The van der Waals surface area contributed by atoms with Gasteiger partial charge in [0.25, 0.3) is 5.91 Å². The molecule has 0 spiro atoms. The second kappa shape index (κ2) is 7.63. The maximum absolute atomic E-state index is 13.1. The van der Waals surface area contributed by atoms with E-state index in [1.165, 1.54) is 60.4 Å². The number of anilines is 2. The third-order valence-electron chi connectivity index (χ3n) is 4.42. The van der Waals surface area contributed by atoms with E-state index >= 15 is 0 Å². The van der Waals surface area contributed by atoms with Gasteiger partial charge in [0.15, 0.2) is 9.84 Å². The summed E-state index contributed by atoms with van der Waals surface area (Å²) in [5.41, 5.74) is 0.668. The third kappa shape index (κ3) is 4.27. The Balaban J connectivity index is 1.70. The first-order valence-corrected chi connectivity index (χ1v) is 10.5. The fraction of sp³-hybridized carbons (Fsp3) is 0.211. The van der Waals surface area contributed by atoms with E-state index in [1.54, 1.807) is 0 Å². The van der Waals surface area contributed by atoms with Crippen LogP contribution in [-0.4, -0.2) is 50.0 Å². The van der Waals surface area contributed by atoms with Crippen molar-refractivity contribution in [3.05, 3.63) is 54.3 Å². The van der Waals surface area contributed by atoms with Crippen LogP contribution in [0, 0.1) is 5.82 Å². The maximum atomic E-state index is 13.1. The van der Waals surface area contributed by atoms with Gasteiger partial charge in [-0.25, -0.2) is 17.6 Å². The molecule has 1 N–H and O–H groups in total. The van der Waals surface area contributed by atoms with Crippen LogP contribution in [0.25, 0.3) is 0 Å². The van der Waals surface area contributed by atoms with E-state index in [4.69, 9.17) is 0 Å². The van der Waals surface area contributed by atoms with Gasteiger partial charge in [-0.05, 0) is 55.5 Å². The molecule has 1 aliphatic rings. The van der Waals surface area contributed by atoms with Crippen LogP contribution in [0.4, 0.5) is 20.6 Å². The Morgan fingerprint density at radius 1 is 1.07 bits per heavy atom. The molecule has 0 bridgehead atoms. The first kappa shape index (κ1) is 20.5. The summed E-state index contributed by atoms with van der Waals surface area (Å²) in [4.78, 5) is 39.5. The Bertz CT molecular complexity index is 1070. The smallest absolute Gasteiger partial charge is 0.325 e. The number of nitrogens with one attached hydrogen (secondary N) is 1. The van der Waals surface area contributed by atoms with Crippen LogP contribution in [0.15, 0.2) is 53.4 Å². The van der Waals surface area contributed by atoms with Crippen molar-refractivity contribution in [1.29, 1.82) is 0 Å². The van der Waals surface area contributed by atoms with E-state index in [2.05, 4.69) is 5.32 Å². The van der Waals surface area contributed by atoms with E-state index in [9.17, 15) is 27.2 Å². The largest absolute Gasteiger partial charge is 0.332 e. The summed E-state index contributed by atoms with van der Waals surface area (Å²) in [6, 6.07) is 9.10. The Morgan fingerprint density at radius 2 is 1.66 bits per heavy atom. The summed E-state index contributed by atoms with van der Waals surface area (Å²) in [5, 5.41) is 2.52. The first-order chi connectivity index (χ1) is 13.6. The molecule has 0 radical (unpaired) electrons. The Morgan fingerprint density at radius 3 is 2.21 bits per heavy atom. The van der Waals surface area contributed by atoms with Gasteiger partial charge in [-0.15, -0.1) is 0 Å². The van der Waals surface area contributed by atoms with Gasteiger partial charge in [-0.2, -0.15) is 0 Å². The number of hydrogen-bond donors (Lipinski definition) is 1. The molecule has 2 aromatic carbocycles. The van der Waals surface area contributed by atoms with Gasteiger partial charge in [-0.1, -0.05) is 0 Å². The molecule has 0 aliphatic carbocycles. The maximum Gasteiger partial charge on any atom is 0.332 e. The van der Waals surface area contributed by atoms with Crippen molar-refractivity contribution < 1.29 is 27.2 Å². The van der Waals surface area contributed by atoms with Crippen molar-refractivity contribution in [3.63, 3.8) is 0 Å². The number of carbonyl (C=O) groups excluding carboxylic acids is 3. The molecule has 10 heteroatoms. The van der Waals surface area contributed by atoms with Crippen molar-refractivity contribution in [2.75, 3.05) is 23.0 Å². The van der Waals surface area contributed by atoms with Gasteiger partial charge in [0.2, 0.25) is 5.91 Å². The molecule has 1 saturated heterocycles. The zero-order valence-corrected chi connectivity index (χ0v) is 16.4. The number of hydrogen-bond acceptors (Lipinski definition) is 5. The van der Waals surface area contributed by atoms with E-state index in [0.717, 1.165) is 11.2 Å². The number of nitrogens with zero attached hydrogens (tertiary/aromatic N) is 2. The van der Waals surface area contributed by atoms with E-state index in [0.29, 0.717) is 11.4 Å². The van der Waals surface area contributed by atoms with Crippen LogP contribution in [0.2, 0.25) is 0 Å². The molecule has 1 fully saturated rings. The molecule has 29 heavy (non-hydrogen) atoms. The van der Waals surface area contributed by atoms with E-state index in [-0.39, 0.29) is 4.90 Å². The molecule has 4 amide bonds. The first-order valence-electron chi connectivity index (χ1n) is 8.58. The topological polar surface area (TPSA) is 104 Å². The highest BCUT2D eigenvalue weighted by Gasteiger charge is 2.44. The number of sulfone groups is 1. The van der Waals surface area contributed by atoms with Gasteiger partial charge in [0.05, 0.1) is 4.90 Å². The van der Waals surface area contributed by atoms with Crippen LogP contribution in [-0.2, 0) is 19.4 Å². The van der Waals surface area contributed by atoms with Gasteiger partial charge in [-0.3, -0.25) is 19.4 Å². The van der Waals surface area contributed by atoms with Gasteiger partial charge < -0.3 is 5.32 Å². The van der Waals surface area contributed by atoms with Crippen LogP contribution >= 0.6 is 0 Å². The lowest BCUT2D eigenvalue weighted by Crippen LogP contribution is -2.39. The predicted molar refractivity (Wildman–Crippen MR) is 104 cm³/mol. The van der Waals surface area contributed by atoms with Gasteiger partial charge in [0, 0.05) is 17.6 Å². The number of carbonyl (C=O) groups is 3. The second-order valence-electron chi connectivity index (χ2n) is 6.57. The number of imide groups is 1. The number of amides is 4. The molecule has 0 aromatic heterocycles. The zero-order chi connectivity index (χ0) is 21.3. The molecule has 2 aromatic rings. The lowest BCUT2D eigenvalue weighted by molar-refractivity contribution is -0.130. The van der Waals surface area contributed by atoms with Crippen LogP contribution in [0.5, 0.6) is 0 Å². The van der Waals surface area contributed by atoms with Gasteiger partial charge in [0.1, 0.15) is 18.4 Å². The van der Waals surface area contributed by atoms with Crippen molar-refractivity contribution in [1.82, 2.24) is 4.90 Å². The van der Waals surface area contributed by atoms with Crippen molar-refractivity contribution in [2.24, 2.45) is 0 Å². The Labute approximate surface area is 166 Å². The highest BCUT2D eigenvalue weighted by molar-refractivity contribution is 7.90. The average molecular weight is 419 g/mol. The fourth-order valence-corrected chi connectivity index (χ4v) is 3.57. The van der Waals surface area contributed by atoms with Crippen molar-refractivity contribution in [2.45, 2.75) is 17.9 Å². The van der Waals surface area contributed by atoms with Crippen LogP contribution in [0.1, 0.15) is 6.92 Å². The second-order valence-corrected chi connectivity index (χ2v) is 8.59. The average Bonchev–Trinajstić information content (AvgIpc) is 2.86. The molecular formula is C19H18FN3O5S. The minimum Gasteiger partial charge on any atom is -0.325 e. The van der Waals surface area contributed by atoms with Crippen molar-refractivity contribution in [3.8, 4) is 0 Å². The van der Waals surface area contributed by atoms with Crippen molar-refractivity contribution >= 4 is 39.1 Å². The molecule has 0 saturated carbocycles. The minimum absolute atomic E-state index is 0.101. The fourth-order valence-electron chi connectivity index (χ4n) is 2.94. The number of halogens is 1. The van der Waals surface area contributed by atoms with E-state index in [1.807, 2.05) is 0 Å². The summed E-state index contributed by atoms with van der Waals surface area (Å²) in [5.74, 6) is -1.65. The molecule has 1 aliphatic heterocycles. The highest BCUT2D eigenvalue weighted by atomic mass is 32.2. The standard InChI is InChI=1S/C19H18FN3O5S/c1-12-18(25)22(19(26)23(12)15-7-3-13(20)4-8-15)11-17(24)21-14-5-9-16(10-6-14)29(2,27)28/h3-10,12H,11H2,1-2H3,(H,21,24)/t12-/m0/s1. The lowest BCUT2D eigenvalue weighted by Gasteiger charge is -2.19. The summed E-state index contributed by atoms with van der Waals surface area (Å²) in [6.07, 6.45) is 1.07. The molecule has 1 atom stereocenters. The SMILES string of the molecule is C[C@H]1C(=O)N(CC(=O)Nc2ccc(S(C)(=O)=O)cc2)C(=O)N1c1ccc(F)cc1. The molecule has 3 rings (SSSR count). The van der Waals surface area contributed by atoms with Gasteiger partial charge >= 0.3 is 6.03 Å². The van der Waals surface area contributed by atoms with Crippen LogP contribution < -0.4 is 10.2 Å². The molecule has 8 nitrogen and oxygen atoms in total. The van der Waals surface area contributed by atoms with E-state index < -0.39 is 46.1 Å². The monoisotopic (exact) mass is 419 g/mol. The number of benzene rings is 2. The minimum atomic E-state index is -3.36. The molecular weight excluding hydrogens is 401 g/mol. The normalized spacial score (nSPS) is 17.0. The zero-order valence-electron chi connectivity index (χ0n) is 15.6. The Kier molecular flexibility index (Phi) is 5.38. The van der Waals surface area contributed by atoms with Crippen LogP contribution in [0.3, 0.4) is 0 Å². The molecule has 152 valence electrons. The predicted octanol–water partition coefficient (Wildman–Crippen LogP) is 2.02. The summed E-state index contributed by atoms with van der Waals surface area (Å²) >= 11 is 0. The molecule has 1 heterocycles. The Hall–Kier alpha value is -3.27. The summed E-state index contributed by atoms with van der Waals surface area (Å²) < 4.78 is 36.1. The lowest BCUT2D eigenvalue weighted by atomic mass is 10.2. The highest BCUT2D eigenvalue weighted by Crippen LogP contribution is 2.26. The summed E-state index contributed by atoms with van der Waals surface area (Å²) in [7, 11) is -3.36. The quantitative estimate of drug-likeness (QED) is 0.747. The molecule has 0 unspecified atom stereocenters. The third-order valence-corrected chi connectivity index (χ3v) is 5.55. The summed E-state index contributed by atoms with van der Waals surface area (Å²) in [6.45, 7) is 1.01.